The minimum atomic E-state index is -0.0564. The smallest absolute Gasteiger partial charge is 0.305 e. The Bertz CT molecular complexity index is 631. The minimum absolute atomic E-state index is 0.0166. The number of esters is 1. The molecule has 3 heteroatoms. The van der Waals surface area contributed by atoms with Crippen LogP contribution in [0.4, 0.5) is 0 Å². The third kappa shape index (κ3) is 2.45. The van der Waals surface area contributed by atoms with Crippen molar-refractivity contribution >= 4 is 5.97 Å². The normalized spacial score (nSPS) is 58.5. The lowest BCUT2D eigenvalue weighted by Crippen LogP contribution is -2.55. The van der Waals surface area contributed by atoms with Gasteiger partial charge >= 0.3 is 5.97 Å². The number of hydrogen-bond acceptors (Lipinski definition) is 3. The molecule has 5 fully saturated rings. The highest BCUT2D eigenvalue weighted by molar-refractivity contribution is 5.69. The van der Waals surface area contributed by atoms with Crippen molar-refractivity contribution in [3.63, 3.8) is 0 Å². The van der Waals surface area contributed by atoms with Gasteiger partial charge in [-0.15, -0.1) is 0 Å². The quantitative estimate of drug-likeness (QED) is 0.705. The fourth-order valence-electron chi connectivity index (χ4n) is 8.97. The molecule has 5 aliphatic carbocycles. The van der Waals surface area contributed by atoms with Gasteiger partial charge < -0.3 is 9.84 Å². The molecule has 0 radical (unpaired) electrons. The van der Waals surface area contributed by atoms with Gasteiger partial charge in [0.1, 0.15) is 6.10 Å². The van der Waals surface area contributed by atoms with Crippen LogP contribution in [0.3, 0.4) is 0 Å². The van der Waals surface area contributed by atoms with Gasteiger partial charge in [0.05, 0.1) is 6.10 Å². The lowest BCUT2D eigenvalue weighted by molar-refractivity contribution is -0.168. The van der Waals surface area contributed by atoms with Gasteiger partial charge in [0.2, 0.25) is 0 Å². The molecule has 5 rings (SSSR count). The highest BCUT2D eigenvalue weighted by Crippen LogP contribution is 2.75. The van der Waals surface area contributed by atoms with E-state index in [-0.39, 0.29) is 23.6 Å². The van der Waals surface area contributed by atoms with Crippen LogP contribution in [0, 0.1) is 52.3 Å². The average molecular weight is 375 g/mol. The number of fused-ring (bicyclic) bond motifs is 8. The molecule has 0 aromatic rings. The van der Waals surface area contributed by atoms with E-state index < -0.39 is 0 Å². The molecule has 11 unspecified atom stereocenters. The maximum Gasteiger partial charge on any atom is 0.305 e. The van der Waals surface area contributed by atoms with E-state index in [1.807, 2.05) is 6.92 Å². The molecule has 0 amide bonds. The first-order valence-electron chi connectivity index (χ1n) is 11.7. The fourth-order valence-corrected chi connectivity index (χ4v) is 8.97. The number of carbonyl (C=O) groups excluding carboxylic acids is 1. The van der Waals surface area contributed by atoms with Crippen LogP contribution in [-0.2, 0) is 9.53 Å². The van der Waals surface area contributed by atoms with E-state index in [1.165, 1.54) is 32.1 Å². The summed E-state index contributed by atoms with van der Waals surface area (Å²) in [5, 5.41) is 10.3. The van der Waals surface area contributed by atoms with E-state index >= 15 is 0 Å². The monoisotopic (exact) mass is 374 g/mol. The Morgan fingerprint density at radius 2 is 1.74 bits per heavy atom. The molecule has 5 aliphatic rings. The first-order valence-corrected chi connectivity index (χ1v) is 11.7. The van der Waals surface area contributed by atoms with Gasteiger partial charge in [-0.2, -0.15) is 0 Å². The Morgan fingerprint density at radius 3 is 2.48 bits per heavy atom. The molecule has 0 heterocycles. The Hall–Kier alpha value is -0.570. The summed E-state index contributed by atoms with van der Waals surface area (Å²) >= 11 is 0. The second kappa shape index (κ2) is 5.97. The summed E-state index contributed by atoms with van der Waals surface area (Å²) in [5.41, 5.74) is 0.611. The predicted molar refractivity (Wildman–Crippen MR) is 105 cm³/mol. The van der Waals surface area contributed by atoms with Gasteiger partial charge in [0.25, 0.3) is 0 Å². The zero-order valence-electron chi connectivity index (χ0n) is 17.6. The fraction of sp³-hybridized carbons (Fsp3) is 0.958. The Labute approximate surface area is 164 Å². The Balaban J connectivity index is 1.45. The molecule has 3 nitrogen and oxygen atoms in total. The summed E-state index contributed by atoms with van der Waals surface area (Å²) < 4.78 is 6.05. The van der Waals surface area contributed by atoms with Gasteiger partial charge in [-0.3, -0.25) is 4.79 Å². The molecular weight excluding hydrogens is 336 g/mol. The van der Waals surface area contributed by atoms with Crippen LogP contribution in [-0.4, -0.2) is 23.3 Å². The molecular formula is C24H38O3. The molecule has 5 saturated carbocycles. The number of rotatable bonds is 2. The van der Waals surface area contributed by atoms with Crippen LogP contribution in [0.2, 0.25) is 0 Å². The third-order valence-electron chi connectivity index (χ3n) is 10.2. The maximum absolute atomic E-state index is 12.1. The average Bonchev–Trinajstić information content (AvgIpc) is 3.38. The van der Waals surface area contributed by atoms with Gasteiger partial charge in [-0.25, -0.2) is 0 Å². The zero-order chi connectivity index (χ0) is 19.1. The van der Waals surface area contributed by atoms with Crippen molar-refractivity contribution in [1.29, 1.82) is 0 Å². The van der Waals surface area contributed by atoms with Gasteiger partial charge in [0, 0.05) is 11.8 Å². The first-order chi connectivity index (χ1) is 12.8. The number of hydrogen-bond donors (Lipinski definition) is 1. The summed E-state index contributed by atoms with van der Waals surface area (Å²) in [5.74, 6) is 5.35. The van der Waals surface area contributed by atoms with E-state index in [1.54, 1.807) is 0 Å². The SMILES string of the molecule is CCC(=O)OC1C(C)CC2C3C4CC4C4CC(O)CCC4(C)C3CCC21C. The van der Waals surface area contributed by atoms with E-state index in [0.717, 1.165) is 48.3 Å². The molecule has 0 saturated heterocycles. The van der Waals surface area contributed by atoms with Crippen LogP contribution < -0.4 is 0 Å². The van der Waals surface area contributed by atoms with Gasteiger partial charge in [-0.1, -0.05) is 27.7 Å². The minimum Gasteiger partial charge on any atom is -0.461 e. The first kappa shape index (κ1) is 18.5. The summed E-state index contributed by atoms with van der Waals surface area (Å²) in [7, 11) is 0. The Morgan fingerprint density at radius 1 is 1.00 bits per heavy atom. The van der Waals surface area contributed by atoms with Crippen LogP contribution >= 0.6 is 0 Å². The standard InChI is InChI=1S/C24H38O3/c1-5-20(26)27-22-13(2)10-19-21-16-12-15(16)18-11-14(25)6-8-23(18,3)17(21)7-9-24(19,22)4/h13-19,21-22,25H,5-12H2,1-4H3. The van der Waals surface area contributed by atoms with Crippen LogP contribution in [0.5, 0.6) is 0 Å². The van der Waals surface area contributed by atoms with Gasteiger partial charge in [-0.05, 0) is 91.8 Å². The molecule has 27 heavy (non-hydrogen) atoms. The van der Waals surface area contributed by atoms with E-state index in [4.69, 9.17) is 4.74 Å². The van der Waals surface area contributed by atoms with E-state index in [9.17, 15) is 9.90 Å². The second-order valence-corrected chi connectivity index (χ2v) is 11.4. The van der Waals surface area contributed by atoms with Crippen LogP contribution in [0.15, 0.2) is 0 Å². The van der Waals surface area contributed by atoms with Crippen molar-refractivity contribution in [2.24, 2.45) is 52.3 Å². The number of carbonyl (C=O) groups is 1. The van der Waals surface area contributed by atoms with Crippen LogP contribution in [0.1, 0.15) is 79.1 Å². The van der Waals surface area contributed by atoms with Gasteiger partial charge in [0.15, 0.2) is 0 Å². The summed E-state index contributed by atoms with van der Waals surface area (Å²) in [4.78, 5) is 12.1. The lowest BCUT2D eigenvalue weighted by Gasteiger charge is -2.60. The van der Waals surface area contributed by atoms with Crippen molar-refractivity contribution in [2.45, 2.75) is 91.3 Å². The molecule has 0 aliphatic heterocycles. The van der Waals surface area contributed by atoms with E-state index in [2.05, 4.69) is 20.8 Å². The predicted octanol–water partition coefficient (Wildman–Crippen LogP) is 4.81. The molecule has 0 bridgehead atoms. The largest absolute Gasteiger partial charge is 0.461 e. The number of ether oxygens (including phenoxy) is 1. The van der Waals surface area contributed by atoms with Crippen molar-refractivity contribution in [3.8, 4) is 0 Å². The summed E-state index contributed by atoms with van der Waals surface area (Å²) in [6, 6.07) is 0. The summed E-state index contributed by atoms with van der Waals surface area (Å²) in [6.07, 6.45) is 8.98. The van der Waals surface area contributed by atoms with Crippen molar-refractivity contribution in [2.75, 3.05) is 0 Å². The molecule has 152 valence electrons. The van der Waals surface area contributed by atoms with Crippen molar-refractivity contribution < 1.29 is 14.6 Å². The highest BCUT2D eigenvalue weighted by atomic mass is 16.5. The number of aliphatic hydroxyl groups is 1. The Kier molecular flexibility index (Phi) is 4.08. The van der Waals surface area contributed by atoms with Crippen molar-refractivity contribution in [3.05, 3.63) is 0 Å². The van der Waals surface area contributed by atoms with Crippen molar-refractivity contribution in [1.82, 2.24) is 0 Å². The molecule has 1 N–H and O–H groups in total. The molecule has 0 aromatic heterocycles. The number of aliphatic hydroxyl groups excluding tert-OH is 1. The topological polar surface area (TPSA) is 46.5 Å². The summed E-state index contributed by atoms with van der Waals surface area (Å²) in [6.45, 7) is 9.25. The second-order valence-electron chi connectivity index (χ2n) is 11.4. The lowest BCUT2D eigenvalue weighted by atomic mass is 9.45. The molecule has 0 aromatic carbocycles. The van der Waals surface area contributed by atoms with E-state index in [0.29, 0.717) is 17.8 Å². The maximum atomic E-state index is 12.1. The molecule has 11 atom stereocenters. The molecule has 0 spiro atoms. The highest BCUT2D eigenvalue weighted by Gasteiger charge is 2.70. The zero-order valence-corrected chi connectivity index (χ0v) is 17.6. The van der Waals surface area contributed by atoms with Crippen LogP contribution in [0.25, 0.3) is 0 Å². The third-order valence-corrected chi connectivity index (χ3v) is 10.2.